The lowest BCUT2D eigenvalue weighted by Gasteiger charge is -2.18. The molecule has 0 aliphatic carbocycles. The van der Waals surface area contributed by atoms with E-state index in [1.807, 2.05) is 0 Å². The van der Waals surface area contributed by atoms with Crippen molar-refractivity contribution in [2.45, 2.75) is 284 Å². The first-order valence-electron chi connectivity index (χ1n) is 31.0. The molecule has 1 atom stereocenters. The summed E-state index contributed by atoms with van der Waals surface area (Å²) in [5, 5.41) is 0. The maximum absolute atomic E-state index is 12.9. The minimum absolute atomic E-state index is 0.110. The Morgan fingerprint density at radius 3 is 0.840 bits per heavy atom. The van der Waals surface area contributed by atoms with Gasteiger partial charge in [0, 0.05) is 19.3 Å². The average Bonchev–Trinajstić information content (AvgIpc) is 3.41. The highest BCUT2D eigenvalue weighted by Gasteiger charge is 2.19. The molecule has 0 aliphatic rings. The van der Waals surface area contributed by atoms with E-state index < -0.39 is 6.10 Å². The number of hydrogen-bond donors (Lipinski definition) is 0. The molecule has 0 spiro atoms. The Morgan fingerprint density at radius 2 is 0.520 bits per heavy atom. The molecule has 0 aromatic rings. The van der Waals surface area contributed by atoms with Gasteiger partial charge in [-0.1, -0.05) is 251 Å². The van der Waals surface area contributed by atoms with Crippen molar-refractivity contribution in [3.05, 3.63) is 122 Å². The summed E-state index contributed by atoms with van der Waals surface area (Å²) >= 11 is 0. The minimum atomic E-state index is -0.820. The highest BCUT2D eigenvalue weighted by molar-refractivity contribution is 5.71. The van der Waals surface area contributed by atoms with Crippen LogP contribution in [0.1, 0.15) is 278 Å². The molecule has 0 amide bonds. The second-order valence-electron chi connectivity index (χ2n) is 20.2. The molecule has 0 rings (SSSR count). The predicted molar refractivity (Wildman–Crippen MR) is 325 cm³/mol. The van der Waals surface area contributed by atoms with Crippen molar-refractivity contribution in [3.63, 3.8) is 0 Å². The van der Waals surface area contributed by atoms with Crippen molar-refractivity contribution in [1.82, 2.24) is 0 Å². The largest absolute Gasteiger partial charge is 0.462 e. The van der Waals surface area contributed by atoms with Crippen LogP contribution in [0.4, 0.5) is 0 Å². The van der Waals surface area contributed by atoms with E-state index in [0.717, 1.165) is 103 Å². The van der Waals surface area contributed by atoms with Crippen molar-refractivity contribution in [1.29, 1.82) is 0 Å². The number of carbonyl (C=O) groups is 3. The number of ether oxygens (including phenoxy) is 3. The van der Waals surface area contributed by atoms with Gasteiger partial charge in [-0.25, -0.2) is 0 Å². The van der Waals surface area contributed by atoms with Crippen LogP contribution in [0.15, 0.2) is 122 Å². The maximum Gasteiger partial charge on any atom is 0.306 e. The zero-order valence-electron chi connectivity index (χ0n) is 48.8. The molecule has 75 heavy (non-hydrogen) atoms. The van der Waals surface area contributed by atoms with E-state index in [1.165, 1.54) is 122 Å². The van der Waals surface area contributed by atoms with Gasteiger partial charge in [-0.15, -0.1) is 0 Å². The van der Waals surface area contributed by atoms with Crippen molar-refractivity contribution >= 4 is 17.9 Å². The first kappa shape index (κ1) is 70.8. The maximum atomic E-state index is 12.9. The molecule has 0 saturated heterocycles. The lowest BCUT2D eigenvalue weighted by Crippen LogP contribution is -2.30. The molecule has 0 fully saturated rings. The van der Waals surface area contributed by atoms with Crippen LogP contribution in [-0.2, 0) is 28.6 Å². The molecule has 0 heterocycles. The summed E-state index contributed by atoms with van der Waals surface area (Å²) in [6.45, 7) is 6.34. The SMILES string of the molecule is CC/C=C\C/C=C\C/C=C\C/C=C\CCCCC(=O)OCC(COC(=O)CCCCCCCCCCCCCCCCC/C=C\C/C=C\CCCCCCC)OC(=O)CCCC/C=C\C/C=C\C/C=C\C/C=C\CC. The van der Waals surface area contributed by atoms with Gasteiger partial charge >= 0.3 is 17.9 Å². The molecule has 6 heteroatoms. The number of allylic oxidation sites excluding steroid dienone is 20. The number of rotatable bonds is 55. The van der Waals surface area contributed by atoms with E-state index in [0.29, 0.717) is 25.7 Å². The van der Waals surface area contributed by atoms with Gasteiger partial charge in [-0.3, -0.25) is 14.4 Å². The molecule has 6 nitrogen and oxygen atoms in total. The first-order chi connectivity index (χ1) is 37.0. The van der Waals surface area contributed by atoms with Gasteiger partial charge in [-0.05, 0) is 128 Å². The third kappa shape index (κ3) is 60.6. The number of carbonyl (C=O) groups excluding carboxylic acids is 3. The minimum Gasteiger partial charge on any atom is -0.462 e. The van der Waals surface area contributed by atoms with Crippen LogP contribution in [0.3, 0.4) is 0 Å². The molecule has 1 unspecified atom stereocenters. The Balaban J connectivity index is 4.35. The molecule has 0 N–H and O–H groups in total. The molecular weight excluding hydrogens is 925 g/mol. The zero-order valence-corrected chi connectivity index (χ0v) is 48.8. The number of hydrogen-bond acceptors (Lipinski definition) is 6. The Morgan fingerprint density at radius 1 is 0.280 bits per heavy atom. The van der Waals surface area contributed by atoms with Gasteiger partial charge in [0.1, 0.15) is 13.2 Å². The predicted octanol–water partition coefficient (Wildman–Crippen LogP) is 21.2. The van der Waals surface area contributed by atoms with E-state index in [2.05, 4.69) is 142 Å². The van der Waals surface area contributed by atoms with Gasteiger partial charge in [0.2, 0.25) is 0 Å². The average molecular weight is 1040 g/mol. The highest BCUT2D eigenvalue weighted by Crippen LogP contribution is 2.16. The van der Waals surface area contributed by atoms with Crippen LogP contribution < -0.4 is 0 Å². The van der Waals surface area contributed by atoms with E-state index in [1.54, 1.807) is 0 Å². The molecular formula is C69H114O6. The molecule has 0 saturated carbocycles. The van der Waals surface area contributed by atoms with Gasteiger partial charge in [0.15, 0.2) is 6.10 Å². The first-order valence-corrected chi connectivity index (χ1v) is 31.0. The van der Waals surface area contributed by atoms with Gasteiger partial charge in [0.25, 0.3) is 0 Å². The van der Waals surface area contributed by atoms with Crippen LogP contribution in [-0.4, -0.2) is 37.2 Å². The lowest BCUT2D eigenvalue weighted by molar-refractivity contribution is -0.167. The van der Waals surface area contributed by atoms with E-state index in [9.17, 15) is 14.4 Å². The summed E-state index contributed by atoms with van der Waals surface area (Å²) in [5.74, 6) is -0.994. The topological polar surface area (TPSA) is 78.9 Å². The highest BCUT2D eigenvalue weighted by atomic mass is 16.6. The molecule has 0 aliphatic heterocycles. The monoisotopic (exact) mass is 1040 g/mol. The quantitative estimate of drug-likeness (QED) is 0.0261. The van der Waals surface area contributed by atoms with Crippen molar-refractivity contribution < 1.29 is 28.6 Å². The van der Waals surface area contributed by atoms with Crippen LogP contribution in [0, 0.1) is 0 Å². The van der Waals surface area contributed by atoms with Crippen LogP contribution in [0.2, 0.25) is 0 Å². The Hall–Kier alpha value is -4.19. The Kier molecular flexibility index (Phi) is 58.9. The van der Waals surface area contributed by atoms with Gasteiger partial charge in [0.05, 0.1) is 0 Å². The third-order valence-electron chi connectivity index (χ3n) is 12.9. The molecule has 0 radical (unpaired) electrons. The number of esters is 3. The van der Waals surface area contributed by atoms with Crippen LogP contribution >= 0.6 is 0 Å². The number of unbranched alkanes of at least 4 members (excludes halogenated alkanes) is 24. The summed E-state index contributed by atoms with van der Waals surface area (Å²) in [5.41, 5.74) is 0. The van der Waals surface area contributed by atoms with Crippen LogP contribution in [0.5, 0.6) is 0 Å². The fraction of sp³-hybridized carbons (Fsp3) is 0.667. The standard InChI is InChI=1S/C69H114O6/c1-4-7-10-13-16-19-22-25-28-29-30-31-32-33-34-35-36-37-38-39-42-44-47-50-53-56-59-62-68(71)74-65-66(75-69(72)63-60-57-54-51-48-45-41-27-24-21-18-15-12-9-6-3)64-73-67(70)61-58-55-52-49-46-43-40-26-23-20-17-14-11-8-5-2/h8-9,11-12,17-18,20-22,25-27,29-30,40-41,46,48-49,51,66H,4-7,10,13-16,19,23-24,28,31-39,42-45,47,50,52-65H2,1-3H3/b11-8-,12-9-,20-17-,21-18-,25-22-,30-29-,40-26-,41-27-,49-46-,51-48-. The fourth-order valence-corrected chi connectivity index (χ4v) is 8.34. The fourth-order valence-electron chi connectivity index (χ4n) is 8.34. The summed E-state index contributed by atoms with van der Waals surface area (Å²) in [4.78, 5) is 38.2. The van der Waals surface area contributed by atoms with Crippen molar-refractivity contribution in [3.8, 4) is 0 Å². The summed E-state index contributed by atoms with van der Waals surface area (Å²) in [6, 6.07) is 0. The van der Waals surface area contributed by atoms with Crippen molar-refractivity contribution in [2.75, 3.05) is 13.2 Å². The van der Waals surface area contributed by atoms with E-state index in [-0.39, 0.29) is 37.5 Å². The van der Waals surface area contributed by atoms with E-state index >= 15 is 0 Å². The second-order valence-corrected chi connectivity index (χ2v) is 20.2. The third-order valence-corrected chi connectivity index (χ3v) is 12.9. The summed E-state index contributed by atoms with van der Waals surface area (Å²) in [7, 11) is 0. The van der Waals surface area contributed by atoms with E-state index in [4.69, 9.17) is 14.2 Å². The van der Waals surface area contributed by atoms with Gasteiger partial charge < -0.3 is 14.2 Å². The molecule has 0 aromatic carbocycles. The smallest absolute Gasteiger partial charge is 0.306 e. The van der Waals surface area contributed by atoms with Gasteiger partial charge in [-0.2, -0.15) is 0 Å². The Labute approximate surface area is 462 Å². The summed E-state index contributed by atoms with van der Waals surface area (Å²) < 4.78 is 16.8. The molecule has 426 valence electrons. The lowest BCUT2D eigenvalue weighted by atomic mass is 10.0. The summed E-state index contributed by atoms with van der Waals surface area (Å²) in [6.07, 6.45) is 86.5. The Bertz CT molecular complexity index is 1570. The zero-order chi connectivity index (χ0) is 54.3. The van der Waals surface area contributed by atoms with Crippen molar-refractivity contribution in [2.24, 2.45) is 0 Å². The normalized spacial score (nSPS) is 12.9. The molecule has 0 aromatic heterocycles. The second kappa shape index (κ2) is 62.4. The molecule has 0 bridgehead atoms. The van der Waals surface area contributed by atoms with Crippen LogP contribution in [0.25, 0.3) is 0 Å².